The van der Waals surface area contributed by atoms with E-state index < -0.39 is 0 Å². The normalized spacial score (nSPS) is 12.2. The molecule has 142 valence electrons. The highest BCUT2D eigenvalue weighted by Crippen LogP contribution is 2.24. The number of amides is 2. The summed E-state index contributed by atoms with van der Waals surface area (Å²) in [6, 6.07) is 12.9. The van der Waals surface area contributed by atoms with Crippen molar-refractivity contribution >= 4 is 34.1 Å². The summed E-state index contributed by atoms with van der Waals surface area (Å²) in [5.74, 6) is 0.407. The summed E-state index contributed by atoms with van der Waals surface area (Å²) in [6.45, 7) is 3.51. The highest BCUT2D eigenvalue weighted by Gasteiger charge is 2.16. The Kier molecular flexibility index (Phi) is 4.52. The molecule has 3 aromatic heterocycles. The van der Waals surface area contributed by atoms with Gasteiger partial charge in [0.15, 0.2) is 11.5 Å². The fourth-order valence-electron chi connectivity index (χ4n) is 3.32. The van der Waals surface area contributed by atoms with Crippen LogP contribution >= 0.6 is 0 Å². The van der Waals surface area contributed by atoms with E-state index in [4.69, 9.17) is 0 Å². The maximum Gasteiger partial charge on any atom is 0.240 e. The Bertz CT molecular complexity index is 1180. The molecule has 0 fully saturated rings. The molecule has 0 spiro atoms. The summed E-state index contributed by atoms with van der Waals surface area (Å²) in [5.41, 5.74) is 2.34. The molecule has 3 heterocycles. The lowest BCUT2D eigenvalue weighted by Gasteiger charge is -2.13. The summed E-state index contributed by atoms with van der Waals surface area (Å²) >= 11 is 0. The second-order valence-corrected chi connectivity index (χ2v) is 6.64. The van der Waals surface area contributed by atoms with Crippen LogP contribution in [0, 0.1) is 0 Å². The van der Waals surface area contributed by atoms with Crippen molar-refractivity contribution in [3.8, 4) is 0 Å². The molecule has 1 atom stereocenters. The van der Waals surface area contributed by atoms with Crippen molar-refractivity contribution in [3.05, 3.63) is 60.7 Å². The molecule has 0 saturated carbocycles. The van der Waals surface area contributed by atoms with Crippen molar-refractivity contribution in [2.24, 2.45) is 0 Å². The first kappa shape index (κ1) is 17.7. The first-order valence-electron chi connectivity index (χ1n) is 8.97. The third kappa shape index (κ3) is 3.32. The lowest BCUT2D eigenvalue weighted by Crippen LogP contribution is -2.31. The van der Waals surface area contributed by atoms with Crippen molar-refractivity contribution < 1.29 is 9.59 Å². The van der Waals surface area contributed by atoms with Gasteiger partial charge in [0.2, 0.25) is 11.8 Å². The van der Waals surface area contributed by atoms with Gasteiger partial charge in [0.05, 0.1) is 17.2 Å². The molecule has 4 aromatic rings. The van der Waals surface area contributed by atoms with Gasteiger partial charge in [-0.25, -0.2) is 0 Å². The number of pyridine rings is 1. The quantitative estimate of drug-likeness (QED) is 0.560. The molecular formula is C20H20N6O2. The molecule has 8 heteroatoms. The number of hydrogen-bond donors (Lipinski definition) is 2. The summed E-state index contributed by atoms with van der Waals surface area (Å²) in [5, 5.41) is 15.0. The minimum Gasteiger partial charge on any atom is -0.345 e. The lowest BCUT2D eigenvalue weighted by molar-refractivity contribution is -0.122. The fourth-order valence-corrected chi connectivity index (χ4v) is 3.32. The monoisotopic (exact) mass is 376 g/mol. The lowest BCUT2D eigenvalue weighted by atomic mass is 10.2. The number of carbonyl (C=O) groups excluding carboxylic acids is 2. The van der Waals surface area contributed by atoms with Crippen molar-refractivity contribution in [2.75, 3.05) is 5.32 Å². The van der Waals surface area contributed by atoms with Gasteiger partial charge in [-0.1, -0.05) is 12.1 Å². The third-order valence-electron chi connectivity index (χ3n) is 4.54. The fraction of sp³-hybridized carbons (Fsp3) is 0.200. The molecule has 0 saturated heterocycles. The second-order valence-electron chi connectivity index (χ2n) is 6.64. The van der Waals surface area contributed by atoms with Crippen molar-refractivity contribution in [2.45, 2.75) is 26.4 Å². The summed E-state index contributed by atoms with van der Waals surface area (Å²) in [7, 11) is 0. The molecule has 0 unspecified atom stereocenters. The van der Waals surface area contributed by atoms with Crippen LogP contribution in [0.3, 0.4) is 0 Å². The van der Waals surface area contributed by atoms with E-state index in [2.05, 4.69) is 20.8 Å². The van der Waals surface area contributed by atoms with Crippen LogP contribution in [0.5, 0.6) is 0 Å². The Morgan fingerprint density at radius 2 is 1.93 bits per heavy atom. The SMILES string of the molecule is CC(=O)Nc1cccc2c1ccn2CC(=O)N[C@H](C)c1nnc2ccccn12. The molecule has 28 heavy (non-hydrogen) atoms. The van der Waals surface area contributed by atoms with E-state index in [0.29, 0.717) is 5.82 Å². The molecule has 1 aromatic carbocycles. The molecule has 0 aliphatic carbocycles. The molecule has 0 aliphatic rings. The summed E-state index contributed by atoms with van der Waals surface area (Å²) < 4.78 is 3.71. The summed E-state index contributed by atoms with van der Waals surface area (Å²) in [6.07, 6.45) is 3.71. The molecular weight excluding hydrogens is 356 g/mol. The van der Waals surface area contributed by atoms with Crippen LogP contribution in [0.25, 0.3) is 16.6 Å². The van der Waals surface area contributed by atoms with Crippen LogP contribution in [0.4, 0.5) is 5.69 Å². The zero-order chi connectivity index (χ0) is 19.7. The van der Waals surface area contributed by atoms with Gasteiger partial charge in [-0.3, -0.25) is 14.0 Å². The molecule has 0 aliphatic heterocycles. The first-order valence-corrected chi connectivity index (χ1v) is 8.97. The number of hydrogen-bond acceptors (Lipinski definition) is 4. The van der Waals surface area contributed by atoms with Gasteiger partial charge >= 0.3 is 0 Å². The summed E-state index contributed by atoms with van der Waals surface area (Å²) in [4.78, 5) is 24.0. The Labute approximate surface area is 161 Å². The molecule has 2 N–H and O–H groups in total. The van der Waals surface area contributed by atoms with Crippen LogP contribution < -0.4 is 10.6 Å². The number of fused-ring (bicyclic) bond motifs is 2. The van der Waals surface area contributed by atoms with Crippen molar-refractivity contribution in [3.63, 3.8) is 0 Å². The van der Waals surface area contributed by atoms with E-state index in [1.165, 1.54) is 6.92 Å². The van der Waals surface area contributed by atoms with Gasteiger partial charge in [0, 0.05) is 24.7 Å². The number of rotatable bonds is 5. The number of anilines is 1. The van der Waals surface area contributed by atoms with Crippen molar-refractivity contribution in [1.29, 1.82) is 0 Å². The molecule has 0 radical (unpaired) electrons. The van der Waals surface area contributed by atoms with Gasteiger partial charge in [-0.05, 0) is 37.3 Å². The molecule has 0 bridgehead atoms. The van der Waals surface area contributed by atoms with Gasteiger partial charge in [0.1, 0.15) is 6.54 Å². The van der Waals surface area contributed by atoms with Crippen LogP contribution in [0.2, 0.25) is 0 Å². The Morgan fingerprint density at radius 1 is 1.07 bits per heavy atom. The second kappa shape index (κ2) is 7.15. The van der Waals surface area contributed by atoms with Gasteiger partial charge in [-0.15, -0.1) is 10.2 Å². The van der Waals surface area contributed by atoms with E-state index in [9.17, 15) is 9.59 Å². The highest BCUT2D eigenvalue weighted by molar-refractivity contribution is 6.01. The standard InChI is InChI=1S/C20H20N6O2/c1-13(20-24-23-18-8-3-4-10-26(18)20)21-19(28)12-25-11-9-15-16(22-14(2)27)6-5-7-17(15)25/h3-11,13H,12H2,1-2H3,(H,21,28)(H,22,27)/t13-/m1/s1. The van der Waals surface area contributed by atoms with E-state index in [1.54, 1.807) is 0 Å². The number of nitrogens with one attached hydrogen (secondary N) is 2. The van der Waals surface area contributed by atoms with Gasteiger partial charge in [0.25, 0.3) is 0 Å². The number of aromatic nitrogens is 4. The molecule has 2 amide bonds. The molecule has 4 rings (SSSR count). The zero-order valence-electron chi connectivity index (χ0n) is 15.6. The smallest absolute Gasteiger partial charge is 0.240 e. The maximum atomic E-state index is 12.6. The largest absolute Gasteiger partial charge is 0.345 e. The van der Waals surface area contributed by atoms with Crippen LogP contribution in [-0.4, -0.2) is 31.0 Å². The van der Waals surface area contributed by atoms with Gasteiger partial charge in [-0.2, -0.15) is 0 Å². The number of carbonyl (C=O) groups is 2. The minimum absolute atomic E-state index is 0.132. The molecule has 8 nitrogen and oxygen atoms in total. The maximum absolute atomic E-state index is 12.6. The number of nitrogens with zero attached hydrogens (tertiary/aromatic N) is 4. The third-order valence-corrected chi connectivity index (χ3v) is 4.54. The van der Waals surface area contributed by atoms with E-state index >= 15 is 0 Å². The number of benzene rings is 1. The van der Waals surface area contributed by atoms with E-state index in [0.717, 1.165) is 22.2 Å². The predicted octanol–water partition coefficient (Wildman–Crippen LogP) is 2.52. The Balaban J connectivity index is 1.51. The highest BCUT2D eigenvalue weighted by atomic mass is 16.2. The van der Waals surface area contributed by atoms with Crippen LogP contribution in [0.1, 0.15) is 25.7 Å². The zero-order valence-corrected chi connectivity index (χ0v) is 15.6. The minimum atomic E-state index is -0.290. The van der Waals surface area contributed by atoms with Gasteiger partial charge < -0.3 is 15.2 Å². The average Bonchev–Trinajstić information content (AvgIpc) is 3.26. The van der Waals surface area contributed by atoms with Crippen LogP contribution in [0.15, 0.2) is 54.9 Å². The van der Waals surface area contributed by atoms with Crippen LogP contribution in [-0.2, 0) is 16.1 Å². The average molecular weight is 376 g/mol. The topological polar surface area (TPSA) is 93.3 Å². The Morgan fingerprint density at radius 3 is 2.75 bits per heavy atom. The Hall–Kier alpha value is -3.68. The van der Waals surface area contributed by atoms with E-state index in [1.807, 2.05) is 70.7 Å². The first-order chi connectivity index (χ1) is 13.5. The van der Waals surface area contributed by atoms with E-state index in [-0.39, 0.29) is 24.4 Å². The predicted molar refractivity (Wildman–Crippen MR) is 106 cm³/mol. The van der Waals surface area contributed by atoms with Crippen molar-refractivity contribution in [1.82, 2.24) is 24.5 Å².